The Balaban J connectivity index is 1.83. The topological polar surface area (TPSA) is 209 Å². The largest absolute Gasteiger partial charge is 0.471 e. The van der Waals surface area contributed by atoms with Crippen LogP contribution in [-0.4, -0.2) is 56.8 Å². The first-order valence-corrected chi connectivity index (χ1v) is 17.5. The molecule has 3 amide bonds. The summed E-state index contributed by atoms with van der Waals surface area (Å²) in [6.07, 6.45) is -3.25. The third-order valence-corrected chi connectivity index (χ3v) is 8.90. The van der Waals surface area contributed by atoms with Gasteiger partial charge in [-0.3, -0.25) is 19.8 Å². The van der Waals surface area contributed by atoms with Crippen LogP contribution in [0, 0.1) is 5.41 Å². The van der Waals surface area contributed by atoms with E-state index >= 15 is 0 Å². The van der Waals surface area contributed by atoms with E-state index in [9.17, 15) is 36.0 Å². The van der Waals surface area contributed by atoms with Gasteiger partial charge in [0.2, 0.25) is 21.8 Å². The Morgan fingerprint density at radius 2 is 1.40 bits per heavy atom. The van der Waals surface area contributed by atoms with E-state index in [2.05, 4.69) is 15.4 Å². The van der Waals surface area contributed by atoms with Crippen molar-refractivity contribution in [2.24, 2.45) is 11.5 Å². The number of nitrogens with one attached hydrogen (secondary N) is 5. The van der Waals surface area contributed by atoms with Gasteiger partial charge in [-0.2, -0.15) is 13.2 Å². The minimum absolute atomic E-state index is 0.0408. The maximum absolute atomic E-state index is 13.7. The molecule has 270 valence electrons. The lowest BCUT2D eigenvalue weighted by molar-refractivity contribution is -0.173. The Hall–Kier alpha value is -4.80. The van der Waals surface area contributed by atoms with Crippen molar-refractivity contribution in [3.8, 4) is 0 Å². The summed E-state index contributed by atoms with van der Waals surface area (Å²) in [5, 5.41) is 14.8. The van der Waals surface area contributed by atoms with Gasteiger partial charge in [-0.25, -0.2) is 13.1 Å². The maximum Gasteiger partial charge on any atom is 0.471 e. The standard InChI is InChI=1S/C34H42F3N7O5S/c35-34(36,37)33(47)42-21-26-11-7-10-25(18-26)19-29(31(45)41-20-23-13-15-27(16-14-23)30(39)40)43-32(46)28(12-5-2-6-17-38)44-50(48,49)22-24-8-3-1-4-9-24/h1,3-4,7-11,13-16,18,28-29,44H,2,5-6,12,17,19-22,38H2,(H3,39,40)(H,41,45)(H,42,47)(H,43,46)/t28-,29+/m1/s1. The molecular weight excluding hydrogens is 675 g/mol. The van der Waals surface area contributed by atoms with Gasteiger partial charge in [-0.1, -0.05) is 91.7 Å². The Labute approximate surface area is 289 Å². The van der Waals surface area contributed by atoms with Gasteiger partial charge >= 0.3 is 12.1 Å². The van der Waals surface area contributed by atoms with Crippen LogP contribution in [0.15, 0.2) is 78.9 Å². The van der Waals surface area contributed by atoms with Crippen LogP contribution >= 0.6 is 0 Å². The number of carbonyl (C=O) groups excluding carboxylic acids is 3. The first-order valence-electron chi connectivity index (χ1n) is 15.8. The number of nitrogen functional groups attached to an aromatic ring is 1. The van der Waals surface area contributed by atoms with Crippen LogP contribution in [0.5, 0.6) is 0 Å². The van der Waals surface area contributed by atoms with Crippen molar-refractivity contribution in [1.82, 2.24) is 20.7 Å². The highest BCUT2D eigenvalue weighted by Crippen LogP contribution is 2.16. The van der Waals surface area contributed by atoms with E-state index in [1.54, 1.807) is 66.0 Å². The zero-order valence-corrected chi connectivity index (χ0v) is 28.1. The Morgan fingerprint density at radius 3 is 2.04 bits per heavy atom. The Bertz CT molecular complexity index is 1710. The summed E-state index contributed by atoms with van der Waals surface area (Å²) in [4.78, 5) is 38.6. The van der Waals surface area contributed by atoms with Crippen LogP contribution in [0.2, 0.25) is 0 Å². The predicted octanol–water partition coefficient (Wildman–Crippen LogP) is 2.50. The molecule has 0 spiro atoms. The molecule has 0 saturated heterocycles. The maximum atomic E-state index is 13.7. The van der Waals surface area contributed by atoms with E-state index in [4.69, 9.17) is 16.9 Å². The monoisotopic (exact) mass is 717 g/mol. The molecule has 12 nitrogen and oxygen atoms in total. The van der Waals surface area contributed by atoms with Gasteiger partial charge in [0.25, 0.3) is 0 Å². The van der Waals surface area contributed by atoms with E-state index in [1.807, 2.05) is 0 Å². The number of unbranched alkanes of at least 4 members (excludes halogenated alkanes) is 2. The molecule has 3 aromatic carbocycles. The molecule has 0 fully saturated rings. The predicted molar refractivity (Wildman–Crippen MR) is 183 cm³/mol. The van der Waals surface area contributed by atoms with Gasteiger partial charge in [0.15, 0.2) is 0 Å². The van der Waals surface area contributed by atoms with Gasteiger partial charge in [-0.15, -0.1) is 0 Å². The molecular formula is C34H42F3N7O5S. The highest BCUT2D eigenvalue weighted by Gasteiger charge is 2.38. The molecule has 0 bridgehead atoms. The number of carbonyl (C=O) groups is 3. The van der Waals surface area contributed by atoms with Crippen LogP contribution in [-0.2, 0) is 49.7 Å². The van der Waals surface area contributed by atoms with Crippen molar-refractivity contribution in [3.05, 3.63) is 107 Å². The fraction of sp³-hybridized carbons (Fsp3) is 0.353. The van der Waals surface area contributed by atoms with Gasteiger partial charge in [0.1, 0.15) is 17.9 Å². The van der Waals surface area contributed by atoms with Crippen LogP contribution in [0.3, 0.4) is 0 Å². The SMILES string of the molecule is N=C(N)c1ccc(CNC(=O)[C@H](Cc2cccc(CNC(=O)C(F)(F)F)c2)NC(=O)[C@@H](CCCCCN)NS(=O)(=O)Cc2ccccc2)cc1. The molecule has 0 unspecified atom stereocenters. The quantitative estimate of drug-likeness (QED) is 0.0559. The Kier molecular flexibility index (Phi) is 14.9. The lowest BCUT2D eigenvalue weighted by atomic mass is 10.0. The molecule has 0 heterocycles. The van der Waals surface area contributed by atoms with Gasteiger partial charge in [-0.05, 0) is 41.6 Å². The molecule has 2 atom stereocenters. The van der Waals surface area contributed by atoms with Gasteiger partial charge in [0, 0.05) is 25.1 Å². The number of amides is 3. The van der Waals surface area contributed by atoms with E-state index in [1.165, 1.54) is 18.2 Å². The molecule has 3 aromatic rings. The van der Waals surface area contributed by atoms with Crippen LogP contribution < -0.4 is 32.1 Å². The lowest BCUT2D eigenvalue weighted by Crippen LogP contribution is -2.54. The minimum Gasteiger partial charge on any atom is -0.384 e. The second kappa shape index (κ2) is 18.8. The van der Waals surface area contributed by atoms with Crippen molar-refractivity contribution in [1.29, 1.82) is 5.41 Å². The molecule has 0 aliphatic carbocycles. The lowest BCUT2D eigenvalue weighted by Gasteiger charge is -2.24. The first kappa shape index (κ1) is 39.6. The average Bonchev–Trinajstić information content (AvgIpc) is 3.07. The van der Waals surface area contributed by atoms with E-state index in [0.29, 0.717) is 53.6 Å². The van der Waals surface area contributed by atoms with E-state index in [0.717, 1.165) is 0 Å². The number of hydrogen-bond acceptors (Lipinski definition) is 7. The summed E-state index contributed by atoms with van der Waals surface area (Å²) in [5.74, 6) is -3.95. The second-order valence-corrected chi connectivity index (χ2v) is 13.4. The Morgan fingerprint density at radius 1 is 0.760 bits per heavy atom. The fourth-order valence-corrected chi connectivity index (χ4v) is 6.32. The number of halogens is 3. The van der Waals surface area contributed by atoms with Gasteiger partial charge < -0.3 is 27.4 Å². The van der Waals surface area contributed by atoms with Crippen LogP contribution in [0.4, 0.5) is 13.2 Å². The van der Waals surface area contributed by atoms with E-state index in [-0.39, 0.29) is 31.0 Å². The molecule has 9 N–H and O–H groups in total. The van der Waals surface area contributed by atoms with Crippen molar-refractivity contribution in [3.63, 3.8) is 0 Å². The molecule has 0 saturated carbocycles. The molecule has 3 rings (SSSR count). The molecule has 50 heavy (non-hydrogen) atoms. The summed E-state index contributed by atoms with van der Waals surface area (Å²) in [7, 11) is -4.00. The number of sulfonamides is 1. The summed E-state index contributed by atoms with van der Waals surface area (Å²) in [6.45, 7) is 0.0358. The number of benzene rings is 3. The summed E-state index contributed by atoms with van der Waals surface area (Å²) < 4.78 is 66.9. The highest BCUT2D eigenvalue weighted by atomic mass is 32.2. The number of hydrogen-bond donors (Lipinski definition) is 7. The average molecular weight is 718 g/mol. The normalized spacial score (nSPS) is 12.8. The second-order valence-electron chi connectivity index (χ2n) is 11.6. The summed E-state index contributed by atoms with van der Waals surface area (Å²) in [5.41, 5.74) is 13.6. The third-order valence-electron chi connectivity index (χ3n) is 7.54. The summed E-state index contributed by atoms with van der Waals surface area (Å²) >= 11 is 0. The zero-order chi connectivity index (χ0) is 36.7. The number of amidine groups is 1. The third kappa shape index (κ3) is 13.6. The molecule has 0 aliphatic rings. The first-order chi connectivity index (χ1) is 23.7. The number of alkyl halides is 3. The van der Waals surface area contributed by atoms with Crippen molar-refractivity contribution < 1.29 is 36.0 Å². The zero-order valence-electron chi connectivity index (χ0n) is 27.3. The highest BCUT2D eigenvalue weighted by molar-refractivity contribution is 7.88. The number of rotatable bonds is 19. The van der Waals surface area contributed by atoms with Crippen LogP contribution in [0.1, 0.15) is 53.5 Å². The molecule has 0 aliphatic heterocycles. The van der Waals surface area contributed by atoms with E-state index < -0.39 is 52.5 Å². The van der Waals surface area contributed by atoms with Crippen LogP contribution in [0.25, 0.3) is 0 Å². The molecule has 16 heteroatoms. The fourth-order valence-electron chi connectivity index (χ4n) is 4.95. The van der Waals surface area contributed by atoms with Crippen molar-refractivity contribution in [2.75, 3.05) is 6.54 Å². The summed E-state index contributed by atoms with van der Waals surface area (Å²) in [6, 6.07) is 18.7. The van der Waals surface area contributed by atoms with Gasteiger partial charge in [0.05, 0.1) is 5.75 Å². The van der Waals surface area contributed by atoms with Crippen molar-refractivity contribution in [2.45, 2.75) is 69.2 Å². The molecule has 0 radical (unpaired) electrons. The number of nitrogens with two attached hydrogens (primary N) is 2. The minimum atomic E-state index is -5.05. The van der Waals surface area contributed by atoms with Crippen molar-refractivity contribution >= 4 is 33.6 Å². The molecule has 0 aromatic heterocycles. The smallest absolute Gasteiger partial charge is 0.384 e.